The quantitative estimate of drug-likeness (QED) is 0.122. The van der Waals surface area contributed by atoms with Crippen molar-refractivity contribution in [2.75, 3.05) is 40.4 Å². The molecule has 0 radical (unpaired) electrons. The highest BCUT2D eigenvalue weighted by Gasteiger charge is 2.63. The summed E-state index contributed by atoms with van der Waals surface area (Å²) < 4.78 is 27.8. The zero-order valence-corrected chi connectivity index (χ0v) is 29.7. The van der Waals surface area contributed by atoms with Crippen molar-refractivity contribution in [1.29, 1.82) is 5.26 Å². The van der Waals surface area contributed by atoms with Gasteiger partial charge in [0.15, 0.2) is 23.0 Å². The number of amides is 1. The topological polar surface area (TPSA) is 201 Å². The Hall–Kier alpha value is -4.30. The minimum absolute atomic E-state index is 0.0930. The molecule has 0 bridgehead atoms. The number of hydrogen-bond donors (Lipinski definition) is 4. The summed E-state index contributed by atoms with van der Waals surface area (Å²) in [6.45, 7) is 0.453. The lowest BCUT2D eigenvalue weighted by Gasteiger charge is -2.43. The lowest BCUT2D eigenvalue weighted by molar-refractivity contribution is -0.194. The molecule has 4 aromatic rings. The molecule has 4 heterocycles. The van der Waals surface area contributed by atoms with Crippen LogP contribution in [0.5, 0.6) is 5.88 Å². The van der Waals surface area contributed by atoms with Gasteiger partial charge in [0.1, 0.15) is 25.1 Å². The molecule has 2 aliphatic heterocycles. The molecule has 52 heavy (non-hydrogen) atoms. The second kappa shape index (κ2) is 15.4. The van der Waals surface area contributed by atoms with E-state index in [9.17, 15) is 25.2 Å². The van der Waals surface area contributed by atoms with Crippen LogP contribution in [-0.2, 0) is 18.7 Å². The third-order valence-corrected chi connectivity index (χ3v) is 11.2. The molecule has 2 fully saturated rings. The molecule has 3 aliphatic rings. The van der Waals surface area contributed by atoms with E-state index in [1.807, 2.05) is 36.4 Å². The van der Waals surface area contributed by atoms with E-state index >= 15 is 0 Å². The minimum atomic E-state index is -2.44. The van der Waals surface area contributed by atoms with Crippen molar-refractivity contribution in [1.82, 2.24) is 34.6 Å². The van der Waals surface area contributed by atoms with Crippen molar-refractivity contribution in [3.63, 3.8) is 0 Å². The van der Waals surface area contributed by atoms with E-state index in [-0.39, 0.29) is 49.1 Å². The van der Waals surface area contributed by atoms with Gasteiger partial charge in [-0.2, -0.15) is 15.0 Å². The molecule has 1 amide bonds. The molecule has 4 N–H and O–H groups in total. The van der Waals surface area contributed by atoms with Crippen LogP contribution in [0, 0.1) is 11.3 Å². The van der Waals surface area contributed by atoms with Gasteiger partial charge in [0.25, 0.3) is 8.53 Å². The van der Waals surface area contributed by atoms with Crippen LogP contribution >= 0.6 is 8.53 Å². The maximum atomic E-state index is 13.3. The first-order chi connectivity index (χ1) is 25.2. The number of aromatic nitrogens is 4. The smallest absolute Gasteiger partial charge is 0.407 e. The number of hydrogen-bond acceptors (Lipinski definition) is 14. The van der Waals surface area contributed by atoms with Crippen molar-refractivity contribution < 1.29 is 38.6 Å². The first kappa shape index (κ1) is 36.1. The number of rotatable bonds is 12. The molecule has 2 unspecified atom stereocenters. The average Bonchev–Trinajstić information content (AvgIpc) is 3.81. The monoisotopic (exact) mass is 732 g/mol. The Morgan fingerprint density at radius 3 is 2.54 bits per heavy atom. The summed E-state index contributed by atoms with van der Waals surface area (Å²) in [6.07, 6.45) is -0.450. The average molecular weight is 733 g/mol. The molecular formula is C35H41N8O8P. The number of carbonyl (C=O) groups excluding carboxylic acids is 1. The number of ether oxygens (including phenoxy) is 3. The Balaban J connectivity index is 1.17. The maximum Gasteiger partial charge on any atom is 0.407 e. The number of nitrogens with one attached hydrogen (secondary N) is 1. The minimum Gasteiger partial charge on any atom is -0.492 e. The summed E-state index contributed by atoms with van der Waals surface area (Å²) in [5, 5.41) is 36.9. The molecule has 2 saturated heterocycles. The summed E-state index contributed by atoms with van der Waals surface area (Å²) >= 11 is 0. The molecule has 6 atom stereocenters. The number of alkyl carbamates (subject to hydrolysis) is 1. The normalized spacial score (nSPS) is 24.9. The highest BCUT2D eigenvalue weighted by molar-refractivity contribution is 7.43. The fourth-order valence-corrected chi connectivity index (χ4v) is 8.61. The number of fused-ring (bicyclic) bond motifs is 4. The van der Waals surface area contributed by atoms with Crippen molar-refractivity contribution in [2.45, 2.75) is 61.7 Å². The zero-order valence-electron chi connectivity index (χ0n) is 28.8. The molecule has 2 aromatic carbocycles. The highest BCUT2D eigenvalue weighted by Crippen LogP contribution is 2.52. The third-order valence-electron chi connectivity index (χ3n) is 9.86. The summed E-state index contributed by atoms with van der Waals surface area (Å²) in [5.74, 6) is -0.496. The maximum absolute atomic E-state index is 13.3. The van der Waals surface area contributed by atoms with E-state index < -0.39 is 44.8 Å². The number of aliphatic hydroxyl groups is 1. The van der Waals surface area contributed by atoms with E-state index in [2.05, 4.69) is 38.5 Å². The SMILES string of the molecule is CN(C)N(CCC#N)P(O)O[C@@H]1[C@@H](CNC(=O)OCC2c3ccccc3-c3ccccc32)O[C@@H](n2cnc3c(O)ncnc32)[C@@]1(O)C1CCCCO1. The third kappa shape index (κ3) is 6.70. The van der Waals surface area contributed by atoms with Crippen LogP contribution in [0.2, 0.25) is 0 Å². The molecule has 2 aromatic heterocycles. The number of benzene rings is 2. The summed E-state index contributed by atoms with van der Waals surface area (Å²) in [4.78, 5) is 37.2. The molecule has 274 valence electrons. The second-order valence-corrected chi connectivity index (χ2v) is 14.3. The van der Waals surface area contributed by atoms with Gasteiger partial charge in [0, 0.05) is 46.1 Å². The Kier molecular flexibility index (Phi) is 10.7. The van der Waals surface area contributed by atoms with Gasteiger partial charge in [0.2, 0.25) is 5.88 Å². The Morgan fingerprint density at radius 1 is 1.13 bits per heavy atom. The van der Waals surface area contributed by atoms with Gasteiger partial charge < -0.3 is 39.2 Å². The van der Waals surface area contributed by atoms with E-state index in [0.29, 0.717) is 13.0 Å². The molecule has 7 rings (SSSR count). The van der Waals surface area contributed by atoms with Gasteiger partial charge in [-0.25, -0.2) is 19.8 Å². The van der Waals surface area contributed by atoms with E-state index in [1.54, 1.807) is 19.1 Å². The summed E-state index contributed by atoms with van der Waals surface area (Å²) in [6, 6.07) is 18.2. The fourth-order valence-electron chi connectivity index (χ4n) is 7.42. The van der Waals surface area contributed by atoms with Gasteiger partial charge in [-0.05, 0) is 41.5 Å². The summed E-state index contributed by atoms with van der Waals surface area (Å²) in [7, 11) is 0.971. The van der Waals surface area contributed by atoms with E-state index in [1.165, 1.54) is 22.0 Å². The lowest BCUT2D eigenvalue weighted by atomic mass is 9.84. The Morgan fingerprint density at radius 2 is 1.87 bits per heavy atom. The zero-order chi connectivity index (χ0) is 36.4. The largest absolute Gasteiger partial charge is 0.492 e. The number of aromatic hydroxyl groups is 1. The van der Waals surface area contributed by atoms with E-state index in [4.69, 9.17) is 18.7 Å². The van der Waals surface area contributed by atoms with Crippen molar-refractivity contribution in [3.05, 3.63) is 72.3 Å². The van der Waals surface area contributed by atoms with Crippen LogP contribution in [0.4, 0.5) is 4.79 Å². The van der Waals surface area contributed by atoms with Crippen LogP contribution < -0.4 is 5.32 Å². The molecule has 16 nitrogen and oxygen atoms in total. The number of carbonyl (C=O) groups is 1. The van der Waals surface area contributed by atoms with Crippen LogP contribution in [-0.4, -0.2) is 115 Å². The lowest BCUT2D eigenvalue weighted by Crippen LogP contribution is -2.58. The van der Waals surface area contributed by atoms with Gasteiger partial charge in [-0.1, -0.05) is 48.5 Å². The Bertz CT molecular complexity index is 1890. The number of imidazole rings is 1. The van der Waals surface area contributed by atoms with Gasteiger partial charge >= 0.3 is 6.09 Å². The molecule has 17 heteroatoms. The first-order valence-corrected chi connectivity index (χ1v) is 18.3. The van der Waals surface area contributed by atoms with Crippen LogP contribution in [0.1, 0.15) is 49.0 Å². The van der Waals surface area contributed by atoms with Gasteiger partial charge in [-0.15, -0.1) is 0 Å². The van der Waals surface area contributed by atoms with Crippen molar-refractivity contribution in [3.8, 4) is 23.1 Å². The van der Waals surface area contributed by atoms with Crippen molar-refractivity contribution >= 4 is 25.8 Å². The number of hydrazine groups is 1. The molecule has 0 saturated carbocycles. The summed E-state index contributed by atoms with van der Waals surface area (Å²) in [5.41, 5.74) is 2.68. The molecular weight excluding hydrogens is 691 g/mol. The number of nitrogens with zero attached hydrogens (tertiary/aromatic N) is 7. The van der Waals surface area contributed by atoms with Crippen LogP contribution in [0.15, 0.2) is 61.2 Å². The predicted octanol–water partition coefficient (Wildman–Crippen LogP) is 3.56. The van der Waals surface area contributed by atoms with Crippen LogP contribution in [0.25, 0.3) is 22.3 Å². The standard InChI is InChI=1S/C35H41N8O8P/c1-41(2)43(16-9-15-36)52(47)51-30-27(18-37-34(45)49-19-26-24-12-5-3-10-22(24)23-11-4-6-13-25(23)26)50-33(35(30,46)28-14-7-8-17-48-28)42-21-40-29-31(42)38-20-39-32(29)44/h3-6,10-13,20-21,26-28,30,33,46-47H,7-9,14,16-19H2,1-2H3,(H,37,45)(H,38,39,44)/t27-,28?,30-,33-,35-,52?/m1/s1. The first-order valence-electron chi connectivity index (χ1n) is 17.1. The number of nitriles is 1. The van der Waals surface area contributed by atoms with E-state index in [0.717, 1.165) is 35.1 Å². The highest BCUT2D eigenvalue weighted by atomic mass is 31.2. The van der Waals surface area contributed by atoms with Gasteiger partial charge in [0.05, 0.1) is 18.5 Å². The fraction of sp³-hybridized carbons (Fsp3) is 0.457. The second-order valence-electron chi connectivity index (χ2n) is 13.1. The molecule has 1 aliphatic carbocycles. The van der Waals surface area contributed by atoms with Crippen LogP contribution in [0.3, 0.4) is 0 Å². The van der Waals surface area contributed by atoms with Crippen molar-refractivity contribution in [2.24, 2.45) is 0 Å². The van der Waals surface area contributed by atoms with Gasteiger partial charge in [-0.3, -0.25) is 4.57 Å². The molecule has 0 spiro atoms. The predicted molar refractivity (Wildman–Crippen MR) is 187 cm³/mol. The Labute approximate surface area is 301 Å².